The first-order valence-electron chi connectivity index (χ1n) is 7.24. The number of hydrogen-bond donors (Lipinski definition) is 2. The Bertz CT molecular complexity index is 402. The Morgan fingerprint density at radius 2 is 1.80 bits per heavy atom. The third-order valence-corrected chi connectivity index (χ3v) is 4.45. The van der Waals surface area contributed by atoms with Crippen LogP contribution in [0.3, 0.4) is 0 Å². The zero-order chi connectivity index (χ0) is 14.7. The van der Waals surface area contributed by atoms with Crippen molar-refractivity contribution >= 4 is 17.8 Å². The van der Waals surface area contributed by atoms with Crippen molar-refractivity contribution in [3.63, 3.8) is 0 Å². The summed E-state index contributed by atoms with van der Waals surface area (Å²) < 4.78 is 0. The van der Waals surface area contributed by atoms with Crippen LogP contribution in [-0.2, 0) is 14.4 Å². The lowest BCUT2D eigenvalue weighted by molar-refractivity contribution is -0.143. The molecule has 1 saturated carbocycles. The summed E-state index contributed by atoms with van der Waals surface area (Å²) in [6.45, 7) is 0.628. The van der Waals surface area contributed by atoms with Crippen LogP contribution in [-0.4, -0.2) is 47.4 Å². The van der Waals surface area contributed by atoms with Crippen molar-refractivity contribution in [2.45, 2.75) is 44.6 Å². The molecule has 1 saturated heterocycles. The summed E-state index contributed by atoms with van der Waals surface area (Å²) in [7, 11) is 1.75. The number of rotatable bonds is 3. The molecule has 0 spiro atoms. The molecule has 2 aliphatic rings. The Labute approximate surface area is 118 Å². The third kappa shape index (κ3) is 3.49. The number of likely N-dealkylation sites (tertiary alicyclic amines) is 1. The summed E-state index contributed by atoms with van der Waals surface area (Å²) in [5.41, 5.74) is 0. The number of aliphatic carboxylic acids is 1. The molecule has 20 heavy (non-hydrogen) atoms. The maximum atomic E-state index is 12.1. The van der Waals surface area contributed by atoms with Crippen LogP contribution in [0, 0.1) is 11.8 Å². The number of piperidine rings is 1. The minimum absolute atomic E-state index is 0.0194. The van der Waals surface area contributed by atoms with E-state index >= 15 is 0 Å². The molecule has 1 aliphatic carbocycles. The molecule has 2 rings (SSSR count). The van der Waals surface area contributed by atoms with Crippen molar-refractivity contribution in [3.8, 4) is 0 Å². The van der Waals surface area contributed by atoms with Crippen molar-refractivity contribution < 1.29 is 19.5 Å². The molecule has 112 valence electrons. The number of nitrogens with one attached hydrogen (secondary N) is 1. The molecule has 0 radical (unpaired) electrons. The number of carboxylic acids is 1. The molecule has 1 atom stereocenters. The lowest BCUT2D eigenvalue weighted by Gasteiger charge is -2.31. The zero-order valence-corrected chi connectivity index (χ0v) is 11.8. The number of nitrogens with zero attached hydrogens (tertiary/aromatic N) is 1. The quantitative estimate of drug-likeness (QED) is 0.794. The first-order valence-corrected chi connectivity index (χ1v) is 7.24. The summed E-state index contributed by atoms with van der Waals surface area (Å²) in [5, 5.41) is 11.9. The Balaban J connectivity index is 1.78. The second-order valence-corrected chi connectivity index (χ2v) is 5.90. The first-order chi connectivity index (χ1) is 9.47. The highest BCUT2D eigenvalue weighted by atomic mass is 16.4. The van der Waals surface area contributed by atoms with Gasteiger partial charge in [0.25, 0.3) is 0 Å². The average Bonchev–Trinajstić information content (AvgIpc) is 2.42. The van der Waals surface area contributed by atoms with Crippen molar-refractivity contribution in [2.24, 2.45) is 11.8 Å². The van der Waals surface area contributed by atoms with Crippen LogP contribution < -0.4 is 5.32 Å². The van der Waals surface area contributed by atoms with Gasteiger partial charge >= 0.3 is 5.97 Å². The van der Waals surface area contributed by atoms with Gasteiger partial charge in [-0.25, -0.2) is 0 Å². The van der Waals surface area contributed by atoms with Crippen LogP contribution in [0.25, 0.3) is 0 Å². The van der Waals surface area contributed by atoms with Gasteiger partial charge < -0.3 is 15.3 Å². The molecule has 0 aromatic rings. The van der Waals surface area contributed by atoms with E-state index in [-0.39, 0.29) is 36.1 Å². The molecule has 0 aromatic heterocycles. The van der Waals surface area contributed by atoms with Gasteiger partial charge in [-0.1, -0.05) is 0 Å². The fraction of sp³-hybridized carbons (Fsp3) is 0.786. The molecule has 1 unspecified atom stereocenters. The molecule has 0 aromatic carbocycles. The van der Waals surface area contributed by atoms with Gasteiger partial charge in [-0.05, 0) is 32.1 Å². The van der Waals surface area contributed by atoms with Crippen LogP contribution >= 0.6 is 0 Å². The van der Waals surface area contributed by atoms with Gasteiger partial charge in [0.15, 0.2) is 0 Å². The number of hydrogen-bond acceptors (Lipinski definition) is 3. The summed E-state index contributed by atoms with van der Waals surface area (Å²) in [5.74, 6) is -1.27. The monoisotopic (exact) mass is 282 g/mol. The van der Waals surface area contributed by atoms with E-state index < -0.39 is 5.97 Å². The molecule has 6 nitrogen and oxygen atoms in total. The lowest BCUT2D eigenvalue weighted by Crippen LogP contribution is -2.46. The van der Waals surface area contributed by atoms with Crippen LogP contribution in [0.5, 0.6) is 0 Å². The molecule has 2 amide bonds. The molecular weight excluding hydrogens is 260 g/mol. The van der Waals surface area contributed by atoms with E-state index in [4.69, 9.17) is 5.11 Å². The molecule has 2 fully saturated rings. The van der Waals surface area contributed by atoms with Gasteiger partial charge in [-0.15, -0.1) is 0 Å². The second-order valence-electron chi connectivity index (χ2n) is 5.90. The minimum Gasteiger partial charge on any atom is -0.481 e. The summed E-state index contributed by atoms with van der Waals surface area (Å²) >= 11 is 0. The van der Waals surface area contributed by atoms with E-state index in [0.717, 1.165) is 0 Å². The Kier molecular flexibility index (Phi) is 4.62. The standard InChI is InChI=1S/C14H22N2O4/c1-16-7-6-10(8-12(16)17)13(18)15-11-4-2-9(3-5-11)14(19)20/h9-11H,2-8H2,1H3,(H,15,18)(H,19,20). The van der Waals surface area contributed by atoms with Crippen molar-refractivity contribution in [1.82, 2.24) is 10.2 Å². The van der Waals surface area contributed by atoms with Crippen LogP contribution in [0.2, 0.25) is 0 Å². The summed E-state index contributed by atoms with van der Waals surface area (Å²) in [6, 6.07) is 0.0628. The van der Waals surface area contributed by atoms with E-state index in [9.17, 15) is 14.4 Å². The molecule has 2 N–H and O–H groups in total. The molecule has 6 heteroatoms. The molecule has 1 aliphatic heterocycles. The maximum absolute atomic E-state index is 12.1. The predicted molar refractivity (Wildman–Crippen MR) is 71.9 cm³/mol. The average molecular weight is 282 g/mol. The predicted octanol–water partition coefficient (Wildman–Crippen LogP) is 0.614. The number of carbonyl (C=O) groups is 3. The van der Waals surface area contributed by atoms with Gasteiger partial charge in [0.2, 0.25) is 11.8 Å². The van der Waals surface area contributed by atoms with E-state index in [1.54, 1.807) is 11.9 Å². The van der Waals surface area contributed by atoms with Crippen molar-refractivity contribution in [1.29, 1.82) is 0 Å². The summed E-state index contributed by atoms with van der Waals surface area (Å²) in [4.78, 5) is 36.3. The Hall–Kier alpha value is -1.59. The summed E-state index contributed by atoms with van der Waals surface area (Å²) in [6.07, 6.45) is 3.65. The smallest absolute Gasteiger partial charge is 0.306 e. The normalized spacial score (nSPS) is 30.9. The maximum Gasteiger partial charge on any atom is 0.306 e. The topological polar surface area (TPSA) is 86.7 Å². The highest BCUT2D eigenvalue weighted by molar-refractivity contribution is 5.87. The van der Waals surface area contributed by atoms with E-state index in [0.29, 0.717) is 38.6 Å². The SMILES string of the molecule is CN1CCC(C(=O)NC2CCC(C(=O)O)CC2)CC1=O. The number of amides is 2. The van der Waals surface area contributed by atoms with Gasteiger partial charge in [0.1, 0.15) is 0 Å². The van der Waals surface area contributed by atoms with E-state index in [1.165, 1.54) is 0 Å². The van der Waals surface area contributed by atoms with Crippen LogP contribution in [0.15, 0.2) is 0 Å². The lowest BCUT2D eigenvalue weighted by atomic mass is 9.85. The zero-order valence-electron chi connectivity index (χ0n) is 11.8. The van der Waals surface area contributed by atoms with E-state index in [1.807, 2.05) is 0 Å². The molecular formula is C14H22N2O4. The number of carbonyl (C=O) groups excluding carboxylic acids is 2. The van der Waals surface area contributed by atoms with Crippen molar-refractivity contribution in [2.75, 3.05) is 13.6 Å². The van der Waals surface area contributed by atoms with Gasteiger partial charge in [-0.2, -0.15) is 0 Å². The van der Waals surface area contributed by atoms with Crippen LogP contribution in [0.4, 0.5) is 0 Å². The van der Waals surface area contributed by atoms with Gasteiger partial charge in [0, 0.05) is 32.0 Å². The Morgan fingerprint density at radius 3 is 2.35 bits per heavy atom. The first kappa shape index (κ1) is 14.8. The highest BCUT2D eigenvalue weighted by Gasteiger charge is 2.31. The highest BCUT2D eigenvalue weighted by Crippen LogP contribution is 2.25. The number of carboxylic acid groups (broad SMARTS) is 1. The van der Waals surface area contributed by atoms with E-state index in [2.05, 4.69) is 5.32 Å². The van der Waals surface area contributed by atoms with Crippen LogP contribution in [0.1, 0.15) is 38.5 Å². The fourth-order valence-electron chi connectivity index (χ4n) is 2.97. The fourth-order valence-corrected chi connectivity index (χ4v) is 2.97. The second kappa shape index (κ2) is 6.24. The van der Waals surface area contributed by atoms with Gasteiger partial charge in [-0.3, -0.25) is 14.4 Å². The van der Waals surface area contributed by atoms with Crippen molar-refractivity contribution in [3.05, 3.63) is 0 Å². The Morgan fingerprint density at radius 1 is 1.15 bits per heavy atom. The molecule has 1 heterocycles. The third-order valence-electron chi connectivity index (χ3n) is 4.45. The molecule has 0 bridgehead atoms. The largest absolute Gasteiger partial charge is 0.481 e. The van der Waals surface area contributed by atoms with Gasteiger partial charge in [0.05, 0.1) is 5.92 Å². The minimum atomic E-state index is -0.740.